The van der Waals surface area contributed by atoms with Crippen molar-refractivity contribution in [3.63, 3.8) is 0 Å². The van der Waals surface area contributed by atoms with E-state index in [-0.39, 0.29) is 41.2 Å². The van der Waals surface area contributed by atoms with Crippen LogP contribution in [-0.4, -0.2) is 72.1 Å². The number of amides is 3. The van der Waals surface area contributed by atoms with Gasteiger partial charge in [-0.3, -0.25) is 19.2 Å². The Kier molecular flexibility index (Phi) is 9.82. The first-order valence-corrected chi connectivity index (χ1v) is 15.4. The van der Waals surface area contributed by atoms with Gasteiger partial charge in [-0.1, -0.05) is 12.1 Å². The smallest absolute Gasteiger partial charge is 0.251 e. The number of carbonyl (C=O) groups excluding carboxylic acids is 4. The topological polar surface area (TPSA) is 148 Å². The predicted molar refractivity (Wildman–Crippen MR) is 169 cm³/mol. The van der Waals surface area contributed by atoms with Crippen LogP contribution in [0.4, 0.5) is 5.69 Å². The molecule has 11 heteroatoms. The zero-order valence-electron chi connectivity index (χ0n) is 25.7. The monoisotopic (exact) mass is 610 g/mol. The van der Waals surface area contributed by atoms with Crippen molar-refractivity contribution in [1.82, 2.24) is 20.4 Å². The minimum atomic E-state index is -0.779. The standard InChI is InChI=1S/C34H38N6O5/c1-3-36-33(43)24-10-8-9-23(18-24)31(42)27(20-35)32(37-26-12-13-29-25(19-26)17-22(2)45-29)38-28-11-4-5-16-40(34(28)44)21-30(41)39-14-6-7-15-39/h8-10,12-13,17-19,28,37-38H,3-7,11,14-16,21H2,1-2H3,(H,36,43)/b32-27+/t28-/m0/s1. The van der Waals surface area contributed by atoms with Crippen LogP contribution in [0.5, 0.6) is 0 Å². The van der Waals surface area contributed by atoms with Crippen molar-refractivity contribution in [2.45, 2.75) is 52.0 Å². The zero-order chi connectivity index (χ0) is 31.9. The maximum atomic E-state index is 13.9. The summed E-state index contributed by atoms with van der Waals surface area (Å²) in [5, 5.41) is 20.3. The van der Waals surface area contributed by atoms with Crippen LogP contribution in [0.2, 0.25) is 0 Å². The van der Waals surface area contributed by atoms with E-state index >= 15 is 0 Å². The van der Waals surface area contributed by atoms with Crippen molar-refractivity contribution in [2.24, 2.45) is 0 Å². The van der Waals surface area contributed by atoms with E-state index in [1.54, 1.807) is 47.1 Å². The van der Waals surface area contributed by atoms with Gasteiger partial charge in [-0.2, -0.15) is 5.26 Å². The summed E-state index contributed by atoms with van der Waals surface area (Å²) in [6, 6.07) is 14.7. The fourth-order valence-corrected chi connectivity index (χ4v) is 5.80. The fourth-order valence-electron chi connectivity index (χ4n) is 5.80. The van der Waals surface area contributed by atoms with Crippen LogP contribution in [0, 0.1) is 18.3 Å². The number of hydrogen-bond donors (Lipinski definition) is 3. The quantitative estimate of drug-likeness (QED) is 0.177. The van der Waals surface area contributed by atoms with E-state index < -0.39 is 11.8 Å². The third kappa shape index (κ3) is 7.34. The van der Waals surface area contributed by atoms with Gasteiger partial charge >= 0.3 is 0 Å². The Morgan fingerprint density at radius 2 is 1.76 bits per heavy atom. The molecule has 11 nitrogen and oxygen atoms in total. The second-order valence-corrected chi connectivity index (χ2v) is 11.4. The Bertz CT molecular complexity index is 1680. The minimum Gasteiger partial charge on any atom is -0.461 e. The molecule has 0 unspecified atom stereocenters. The summed E-state index contributed by atoms with van der Waals surface area (Å²) in [5.41, 5.74) is 1.46. The number of carbonyl (C=O) groups is 4. The number of fused-ring (bicyclic) bond motifs is 1. The molecule has 2 aliphatic rings. The number of hydrogen-bond acceptors (Lipinski definition) is 8. The first kappa shape index (κ1) is 31.3. The van der Waals surface area contributed by atoms with Crippen LogP contribution < -0.4 is 16.0 Å². The van der Waals surface area contributed by atoms with Gasteiger partial charge in [-0.15, -0.1) is 0 Å². The highest BCUT2D eigenvalue weighted by atomic mass is 16.3. The lowest BCUT2D eigenvalue weighted by molar-refractivity contribution is -0.140. The Hall–Kier alpha value is -5.11. The summed E-state index contributed by atoms with van der Waals surface area (Å²) in [4.78, 5) is 56.4. The van der Waals surface area contributed by atoms with E-state index in [4.69, 9.17) is 4.42 Å². The SMILES string of the molecule is CCNC(=O)c1cccc(C(=O)/C(C#N)=C(\Nc2ccc3oc(C)cc3c2)N[C@H]2CCCCN(CC(=O)N3CCCC3)C2=O)c1. The van der Waals surface area contributed by atoms with E-state index in [0.717, 1.165) is 36.8 Å². The number of nitrogens with one attached hydrogen (secondary N) is 3. The molecule has 2 aromatic carbocycles. The van der Waals surface area contributed by atoms with E-state index in [1.165, 1.54) is 6.07 Å². The number of anilines is 1. The molecule has 0 spiro atoms. The maximum Gasteiger partial charge on any atom is 0.251 e. The molecule has 234 valence electrons. The van der Waals surface area contributed by atoms with Crippen LogP contribution >= 0.6 is 0 Å². The van der Waals surface area contributed by atoms with Crippen LogP contribution in [-0.2, 0) is 9.59 Å². The van der Waals surface area contributed by atoms with Gasteiger partial charge in [0, 0.05) is 48.4 Å². The lowest BCUT2D eigenvalue weighted by atomic mass is 10.0. The van der Waals surface area contributed by atoms with E-state index in [2.05, 4.69) is 16.0 Å². The van der Waals surface area contributed by atoms with Crippen LogP contribution in [0.1, 0.15) is 65.5 Å². The molecule has 3 N–H and O–H groups in total. The molecule has 2 saturated heterocycles. The minimum absolute atomic E-state index is 0.00332. The number of benzene rings is 2. The first-order chi connectivity index (χ1) is 21.8. The Labute approximate surface area is 262 Å². The average Bonchev–Trinajstić information content (AvgIpc) is 3.67. The molecule has 1 aromatic heterocycles. The highest BCUT2D eigenvalue weighted by Crippen LogP contribution is 2.25. The first-order valence-electron chi connectivity index (χ1n) is 15.4. The number of nitrogens with zero attached hydrogens (tertiary/aromatic N) is 3. The van der Waals surface area contributed by atoms with Gasteiger partial charge in [0.1, 0.15) is 34.8 Å². The van der Waals surface area contributed by atoms with Gasteiger partial charge in [-0.25, -0.2) is 0 Å². The maximum absolute atomic E-state index is 13.9. The summed E-state index contributed by atoms with van der Waals surface area (Å²) in [6.45, 7) is 5.93. The van der Waals surface area contributed by atoms with Crippen molar-refractivity contribution in [3.05, 3.63) is 76.8 Å². The van der Waals surface area contributed by atoms with Crippen molar-refractivity contribution < 1.29 is 23.6 Å². The van der Waals surface area contributed by atoms with Crippen LogP contribution in [0.15, 0.2) is 64.3 Å². The third-order valence-electron chi connectivity index (χ3n) is 8.11. The molecule has 0 aliphatic carbocycles. The molecule has 3 aromatic rings. The van der Waals surface area contributed by atoms with Crippen molar-refractivity contribution >= 4 is 40.2 Å². The number of nitriles is 1. The Morgan fingerprint density at radius 1 is 1.00 bits per heavy atom. The molecule has 45 heavy (non-hydrogen) atoms. The molecule has 5 rings (SSSR count). The highest BCUT2D eigenvalue weighted by Gasteiger charge is 2.32. The van der Waals surface area contributed by atoms with E-state index in [0.29, 0.717) is 49.4 Å². The molecule has 0 radical (unpaired) electrons. The predicted octanol–water partition coefficient (Wildman–Crippen LogP) is 4.11. The van der Waals surface area contributed by atoms with Gasteiger partial charge in [-0.05, 0) is 82.3 Å². The van der Waals surface area contributed by atoms with Gasteiger partial charge in [0.2, 0.25) is 17.6 Å². The lowest BCUT2D eigenvalue weighted by Crippen LogP contribution is -2.49. The molecule has 2 aliphatic heterocycles. The normalized spacial score (nSPS) is 17.4. The second kappa shape index (κ2) is 14.1. The van der Waals surface area contributed by atoms with Gasteiger partial charge < -0.3 is 30.2 Å². The Balaban J connectivity index is 1.48. The number of furan rings is 1. The molecular weight excluding hydrogens is 572 g/mol. The van der Waals surface area contributed by atoms with Gasteiger partial charge in [0.05, 0.1) is 6.54 Å². The van der Waals surface area contributed by atoms with Crippen molar-refractivity contribution in [2.75, 3.05) is 38.0 Å². The molecule has 3 amide bonds. The number of Topliss-reactive ketones (excluding diaryl/α,β-unsaturated/α-hetero) is 1. The summed E-state index contributed by atoms with van der Waals surface area (Å²) in [7, 11) is 0. The zero-order valence-corrected chi connectivity index (χ0v) is 25.7. The number of likely N-dealkylation sites (tertiary alicyclic amines) is 2. The van der Waals surface area contributed by atoms with Gasteiger partial charge in [0.15, 0.2) is 0 Å². The third-order valence-corrected chi connectivity index (χ3v) is 8.11. The van der Waals surface area contributed by atoms with Crippen LogP contribution in [0.3, 0.4) is 0 Å². The molecule has 0 saturated carbocycles. The molecule has 0 bridgehead atoms. The van der Waals surface area contributed by atoms with E-state index in [1.807, 2.05) is 25.1 Å². The number of allylic oxidation sites excluding steroid dienone is 1. The second-order valence-electron chi connectivity index (χ2n) is 11.4. The highest BCUT2D eigenvalue weighted by molar-refractivity contribution is 6.13. The fraction of sp³-hybridized carbons (Fsp3) is 0.382. The number of ketones is 1. The molecule has 3 heterocycles. The lowest BCUT2D eigenvalue weighted by Gasteiger charge is -2.28. The Morgan fingerprint density at radius 3 is 2.51 bits per heavy atom. The van der Waals surface area contributed by atoms with Crippen molar-refractivity contribution in [3.8, 4) is 6.07 Å². The average molecular weight is 611 g/mol. The number of aryl methyl sites for hydroxylation is 1. The summed E-state index contributed by atoms with van der Waals surface area (Å²) in [6.07, 6.45) is 3.83. The molecule has 1 atom stereocenters. The summed E-state index contributed by atoms with van der Waals surface area (Å²) >= 11 is 0. The largest absolute Gasteiger partial charge is 0.461 e. The number of rotatable bonds is 10. The molecule has 2 fully saturated rings. The molecular formula is C34H38N6O5. The van der Waals surface area contributed by atoms with E-state index in [9.17, 15) is 24.4 Å². The van der Waals surface area contributed by atoms with Crippen molar-refractivity contribution in [1.29, 1.82) is 5.26 Å². The van der Waals surface area contributed by atoms with Crippen LogP contribution in [0.25, 0.3) is 11.0 Å². The van der Waals surface area contributed by atoms with Gasteiger partial charge in [0.25, 0.3) is 5.91 Å². The summed E-state index contributed by atoms with van der Waals surface area (Å²) in [5.74, 6) is -0.467. The summed E-state index contributed by atoms with van der Waals surface area (Å²) < 4.78 is 5.69.